The van der Waals surface area contributed by atoms with Crippen molar-refractivity contribution in [3.8, 4) is 0 Å². The molecule has 0 bridgehead atoms. The predicted octanol–water partition coefficient (Wildman–Crippen LogP) is 12.4. The average molecular weight is 531 g/mol. The van der Waals surface area contributed by atoms with E-state index < -0.39 is 5.96 Å². The second-order valence-corrected chi connectivity index (χ2v) is 19.5. The Labute approximate surface area is 229 Å². The van der Waals surface area contributed by atoms with E-state index in [9.17, 15) is 0 Å². The Morgan fingerprint density at radius 1 is 0.444 bits per heavy atom. The Bertz CT molecular complexity index is 707. The van der Waals surface area contributed by atoms with E-state index in [-0.39, 0.29) is 0 Å². The van der Waals surface area contributed by atoms with Crippen LogP contribution in [0.2, 0.25) is 0 Å². The van der Waals surface area contributed by atoms with Gasteiger partial charge < -0.3 is 0 Å². The van der Waals surface area contributed by atoms with Gasteiger partial charge in [-0.2, -0.15) is 0 Å². The zero-order chi connectivity index (χ0) is 25.8. The molecule has 2 heteroatoms. The molecule has 0 atom stereocenters. The summed E-state index contributed by atoms with van der Waals surface area (Å²) < 4.78 is 0. The first-order valence-corrected chi connectivity index (χ1v) is 19.3. The molecule has 0 saturated heterocycles. The van der Waals surface area contributed by atoms with Gasteiger partial charge in [-0.1, -0.05) is 0 Å². The third-order valence-corrected chi connectivity index (χ3v) is 14.9. The first-order chi connectivity index (χ1) is 17.6. The van der Waals surface area contributed by atoms with Gasteiger partial charge in [0.05, 0.1) is 0 Å². The van der Waals surface area contributed by atoms with Gasteiger partial charge in [-0.25, -0.2) is 0 Å². The molecule has 0 amide bonds. The van der Waals surface area contributed by atoms with Crippen LogP contribution in [-0.4, -0.2) is 12.3 Å². The van der Waals surface area contributed by atoms with Crippen LogP contribution in [0.15, 0.2) is 60.7 Å². The van der Waals surface area contributed by atoms with Crippen LogP contribution in [0.25, 0.3) is 0 Å². The van der Waals surface area contributed by atoms with Crippen LogP contribution in [0.5, 0.6) is 0 Å². The Morgan fingerprint density at radius 3 is 1.08 bits per heavy atom. The quantitative estimate of drug-likeness (QED) is 0.105. The topological polar surface area (TPSA) is 0 Å². The number of rotatable bonds is 22. The zero-order valence-electron chi connectivity index (χ0n) is 23.7. The van der Waals surface area contributed by atoms with Crippen LogP contribution >= 0.6 is 17.2 Å². The zero-order valence-corrected chi connectivity index (χ0v) is 25.4. The molecule has 2 rings (SSSR count). The second-order valence-electron chi connectivity index (χ2n) is 11.5. The molecule has 0 aliphatic rings. The molecule has 0 saturated carbocycles. The molecule has 0 aliphatic heterocycles. The molecule has 0 aromatic heterocycles. The summed E-state index contributed by atoms with van der Waals surface area (Å²) in [5.74, 6) is -2.47. The molecule has 36 heavy (non-hydrogen) atoms. The van der Waals surface area contributed by atoms with Gasteiger partial charge in [0, 0.05) is 0 Å². The summed E-state index contributed by atoms with van der Waals surface area (Å²) in [5, 5.41) is 0. The van der Waals surface area contributed by atoms with Crippen molar-refractivity contribution >= 4 is 17.2 Å². The Morgan fingerprint density at radius 2 is 0.750 bits per heavy atom. The Kier molecular flexibility index (Phi) is 16.1. The van der Waals surface area contributed by atoms with Crippen LogP contribution in [0, 0.1) is 0 Å². The van der Waals surface area contributed by atoms with Crippen LogP contribution in [0.1, 0.15) is 128 Å². The number of hydrogen-bond acceptors (Lipinski definition) is 0. The summed E-state index contributed by atoms with van der Waals surface area (Å²) in [6.45, 7) is 4.60. The van der Waals surface area contributed by atoms with E-state index >= 15 is 0 Å². The monoisotopic (exact) mass is 530 g/mol. The number of hydrogen-bond donors (Lipinski definition) is 0. The molecule has 0 fully saturated rings. The molecule has 204 valence electrons. The van der Waals surface area contributed by atoms with Crippen LogP contribution < -0.4 is 0 Å². The van der Waals surface area contributed by atoms with Gasteiger partial charge in [0.2, 0.25) is 0 Å². The van der Waals surface area contributed by atoms with Crippen molar-refractivity contribution in [2.24, 2.45) is 0 Å². The van der Waals surface area contributed by atoms with Crippen molar-refractivity contribution in [2.75, 3.05) is 12.3 Å². The van der Waals surface area contributed by atoms with Crippen molar-refractivity contribution in [3.63, 3.8) is 0 Å². The minimum atomic E-state index is -2.47. The summed E-state index contributed by atoms with van der Waals surface area (Å²) in [5.41, 5.74) is 2.89. The number of halogens is 1. The summed E-state index contributed by atoms with van der Waals surface area (Å²) in [6.07, 6.45) is 26.6. The van der Waals surface area contributed by atoms with E-state index in [4.69, 9.17) is 11.2 Å². The Balaban J connectivity index is 2.07. The third-order valence-electron chi connectivity index (χ3n) is 7.98. The molecule has 0 nitrogen and oxygen atoms in total. The fourth-order valence-electron chi connectivity index (χ4n) is 5.85. The van der Waals surface area contributed by atoms with Gasteiger partial charge in [-0.15, -0.1) is 0 Å². The molecule has 0 N–H and O–H groups in total. The summed E-state index contributed by atoms with van der Waals surface area (Å²) in [7, 11) is 0. The van der Waals surface area contributed by atoms with Crippen molar-refractivity contribution in [2.45, 2.75) is 129 Å². The Hall–Kier alpha value is -0.840. The van der Waals surface area contributed by atoms with Gasteiger partial charge in [0.1, 0.15) is 0 Å². The maximum absolute atomic E-state index is 8.16. The van der Waals surface area contributed by atoms with E-state index in [0.29, 0.717) is 0 Å². The fraction of sp³-hybridized carbons (Fsp3) is 0.647. The van der Waals surface area contributed by atoms with E-state index in [1.54, 1.807) is 0 Å². The van der Waals surface area contributed by atoms with E-state index in [2.05, 4.69) is 74.5 Å². The molecule has 0 spiro atoms. The molecular formula is C34H56ClP. The second kappa shape index (κ2) is 18.4. The first-order valence-electron chi connectivity index (χ1n) is 15.4. The van der Waals surface area contributed by atoms with Gasteiger partial charge in [0.15, 0.2) is 0 Å². The normalized spacial score (nSPS) is 12.9. The average Bonchev–Trinajstić information content (AvgIpc) is 2.88. The fourth-order valence-corrected chi connectivity index (χ4v) is 12.6. The predicted molar refractivity (Wildman–Crippen MR) is 168 cm³/mol. The molecule has 0 radical (unpaired) electrons. The van der Waals surface area contributed by atoms with Crippen molar-refractivity contribution < 1.29 is 0 Å². The minimum absolute atomic E-state index is 1.09. The molecule has 0 unspecified atom stereocenters. The molecule has 0 heterocycles. The first kappa shape index (κ1) is 31.4. The summed E-state index contributed by atoms with van der Waals surface area (Å²) in [6, 6.07) is 22.3. The maximum atomic E-state index is 8.16. The van der Waals surface area contributed by atoms with Crippen molar-refractivity contribution in [1.29, 1.82) is 0 Å². The number of benzene rings is 2. The molecule has 2 aromatic carbocycles. The van der Waals surface area contributed by atoms with Gasteiger partial charge in [-0.05, 0) is 0 Å². The standard InChI is InChI=1S/C34H56ClP/c1-3-5-7-9-11-13-15-23-29-36(35,31-33-25-19-17-20-26-33,32-34-27-21-18-22-28-34)30-24-16-14-12-10-8-6-4-2/h17-22,25-28H,3-16,23-24,29-32H2,1-2H3. The van der Waals surface area contributed by atoms with Crippen LogP contribution in [0.3, 0.4) is 0 Å². The summed E-state index contributed by atoms with van der Waals surface area (Å²) in [4.78, 5) is 0. The van der Waals surface area contributed by atoms with Crippen LogP contribution in [0.4, 0.5) is 0 Å². The summed E-state index contributed by atoms with van der Waals surface area (Å²) >= 11 is 8.16. The van der Waals surface area contributed by atoms with Gasteiger partial charge in [0.25, 0.3) is 0 Å². The SMILES string of the molecule is CCCCCCCCCCP(Cl)(CCCCCCCCCC)(Cc1ccccc1)Cc1ccccc1. The number of unbranched alkanes of at least 4 members (excludes halogenated alkanes) is 14. The van der Waals surface area contributed by atoms with Crippen molar-refractivity contribution in [1.82, 2.24) is 0 Å². The van der Waals surface area contributed by atoms with E-state index in [0.717, 1.165) is 12.3 Å². The van der Waals surface area contributed by atoms with Crippen molar-refractivity contribution in [3.05, 3.63) is 71.8 Å². The van der Waals surface area contributed by atoms with Crippen LogP contribution in [-0.2, 0) is 12.3 Å². The molecule has 0 aliphatic carbocycles. The van der Waals surface area contributed by atoms with Gasteiger partial charge in [-0.3, -0.25) is 0 Å². The van der Waals surface area contributed by atoms with E-state index in [1.807, 2.05) is 0 Å². The van der Waals surface area contributed by atoms with Gasteiger partial charge >= 0.3 is 230 Å². The molecular weight excluding hydrogens is 475 g/mol. The van der Waals surface area contributed by atoms with E-state index in [1.165, 1.54) is 126 Å². The third kappa shape index (κ3) is 13.1. The molecule has 2 aromatic rings.